The second-order valence-electron chi connectivity index (χ2n) is 2.43. The van der Waals surface area contributed by atoms with Crippen molar-refractivity contribution in [2.45, 2.75) is 21.0 Å². The lowest BCUT2D eigenvalue weighted by atomic mass is 10.1. The Labute approximate surface area is 71.9 Å². The summed E-state index contributed by atoms with van der Waals surface area (Å²) in [7, 11) is 0. The molecule has 0 aromatic heterocycles. The summed E-state index contributed by atoms with van der Waals surface area (Å²) in [5.41, 5.74) is 0.913. The van der Waals surface area contributed by atoms with Crippen molar-refractivity contribution >= 4 is 0 Å². The average molecular weight is 170 g/mol. The molecule has 0 fully saturated rings. The summed E-state index contributed by atoms with van der Waals surface area (Å²) in [6.07, 6.45) is 0. The van der Waals surface area contributed by atoms with Crippen molar-refractivity contribution in [1.82, 2.24) is 0 Å². The zero-order valence-electron chi connectivity index (χ0n) is 6.20. The Bertz CT molecular complexity index is 269. The molecule has 0 saturated heterocycles. The van der Waals surface area contributed by atoms with Gasteiger partial charge >= 0.3 is 0 Å². The van der Waals surface area contributed by atoms with Gasteiger partial charge in [-0.2, -0.15) is 0 Å². The maximum absolute atomic E-state index is 9.25. The smallest absolute Gasteiger partial charge is 0.124 e. The molecule has 12 heavy (non-hydrogen) atoms. The first-order valence-electron chi connectivity index (χ1n) is 3.27. The number of hydrogen-bond donors (Lipinski definition) is 3. The highest BCUT2D eigenvalue weighted by atomic mass is 16.3. The number of aliphatic hydroxyl groups excluding tert-OH is 1. The standard InChI is InChI=1S/C8H10O3.CH4/c1-5-2-7(10)3-6(4-9)8(5)11;/h2-3,9-11H,4H2,1H3;1H4. The summed E-state index contributed by atoms with van der Waals surface area (Å²) >= 11 is 0. The third kappa shape index (κ3) is 1.89. The highest BCUT2D eigenvalue weighted by Gasteiger charge is 2.04. The molecule has 3 nitrogen and oxygen atoms in total. The van der Waals surface area contributed by atoms with E-state index in [0.717, 1.165) is 0 Å². The molecule has 0 amide bonds. The minimum atomic E-state index is -0.263. The Balaban J connectivity index is 0.00000121. The summed E-state index contributed by atoms with van der Waals surface area (Å²) < 4.78 is 0. The Morgan fingerprint density at radius 2 is 1.83 bits per heavy atom. The van der Waals surface area contributed by atoms with Gasteiger partial charge in [0.15, 0.2) is 0 Å². The molecule has 1 rings (SSSR count). The van der Waals surface area contributed by atoms with Crippen LogP contribution in [0.3, 0.4) is 0 Å². The number of rotatable bonds is 1. The molecule has 0 unspecified atom stereocenters. The van der Waals surface area contributed by atoms with E-state index in [4.69, 9.17) is 10.2 Å². The number of aliphatic hydroxyl groups is 1. The maximum atomic E-state index is 9.25. The van der Waals surface area contributed by atoms with E-state index in [1.165, 1.54) is 12.1 Å². The summed E-state index contributed by atoms with van der Waals surface area (Å²) in [5, 5.41) is 27.0. The van der Waals surface area contributed by atoms with E-state index in [1.807, 2.05) is 0 Å². The van der Waals surface area contributed by atoms with Crippen LogP contribution in [-0.4, -0.2) is 15.3 Å². The van der Waals surface area contributed by atoms with Crippen LogP contribution in [0.4, 0.5) is 0 Å². The third-order valence-electron chi connectivity index (χ3n) is 1.53. The van der Waals surface area contributed by atoms with Crippen molar-refractivity contribution < 1.29 is 15.3 Å². The molecule has 3 N–H and O–H groups in total. The fourth-order valence-corrected chi connectivity index (χ4v) is 0.953. The van der Waals surface area contributed by atoms with Gasteiger partial charge in [0.2, 0.25) is 0 Å². The number of phenolic OH excluding ortho intramolecular Hbond substituents is 1. The van der Waals surface area contributed by atoms with Gasteiger partial charge in [0.25, 0.3) is 0 Å². The predicted octanol–water partition coefficient (Wildman–Crippen LogP) is 1.53. The zero-order chi connectivity index (χ0) is 8.43. The van der Waals surface area contributed by atoms with Gasteiger partial charge in [0, 0.05) is 5.56 Å². The van der Waals surface area contributed by atoms with Gasteiger partial charge in [0.05, 0.1) is 6.61 Å². The predicted molar refractivity (Wildman–Crippen MR) is 47.2 cm³/mol. The fraction of sp³-hybridized carbons (Fsp3) is 0.333. The summed E-state index contributed by atoms with van der Waals surface area (Å²) in [6.45, 7) is 1.40. The monoisotopic (exact) mass is 170 g/mol. The van der Waals surface area contributed by atoms with Gasteiger partial charge in [-0.1, -0.05) is 7.43 Å². The van der Waals surface area contributed by atoms with Gasteiger partial charge < -0.3 is 15.3 Å². The molecular formula is C9H14O3. The van der Waals surface area contributed by atoms with Crippen LogP contribution in [0.25, 0.3) is 0 Å². The Kier molecular flexibility index (Phi) is 3.57. The normalized spacial score (nSPS) is 9.17. The third-order valence-corrected chi connectivity index (χ3v) is 1.53. The lowest BCUT2D eigenvalue weighted by Gasteiger charge is -2.04. The largest absolute Gasteiger partial charge is 0.508 e. The highest BCUT2D eigenvalue weighted by molar-refractivity contribution is 5.44. The van der Waals surface area contributed by atoms with Crippen molar-refractivity contribution in [3.05, 3.63) is 23.3 Å². The Morgan fingerprint density at radius 1 is 1.25 bits per heavy atom. The van der Waals surface area contributed by atoms with Crippen LogP contribution < -0.4 is 0 Å². The second kappa shape index (κ2) is 3.97. The topological polar surface area (TPSA) is 60.7 Å². The number of phenols is 2. The zero-order valence-corrected chi connectivity index (χ0v) is 6.20. The molecule has 1 aromatic carbocycles. The second-order valence-corrected chi connectivity index (χ2v) is 2.43. The number of benzene rings is 1. The molecule has 1 aromatic rings. The molecule has 0 saturated carbocycles. The van der Waals surface area contributed by atoms with Crippen LogP contribution in [0.2, 0.25) is 0 Å². The van der Waals surface area contributed by atoms with E-state index in [9.17, 15) is 5.11 Å². The lowest BCUT2D eigenvalue weighted by Crippen LogP contribution is -1.86. The minimum absolute atomic E-state index is 0. The number of aromatic hydroxyl groups is 2. The van der Waals surface area contributed by atoms with Crippen molar-refractivity contribution in [1.29, 1.82) is 0 Å². The van der Waals surface area contributed by atoms with Crippen molar-refractivity contribution in [3.8, 4) is 11.5 Å². The minimum Gasteiger partial charge on any atom is -0.508 e. The number of aryl methyl sites for hydroxylation is 1. The molecule has 0 spiro atoms. The maximum Gasteiger partial charge on any atom is 0.124 e. The molecule has 0 aliphatic rings. The average Bonchev–Trinajstić information content (AvgIpc) is 1.96. The summed E-state index contributed by atoms with van der Waals surface area (Å²) in [4.78, 5) is 0. The van der Waals surface area contributed by atoms with Crippen molar-refractivity contribution in [2.75, 3.05) is 0 Å². The summed E-state index contributed by atoms with van der Waals surface area (Å²) in [5.74, 6) is 0.106. The molecule has 3 heteroatoms. The van der Waals surface area contributed by atoms with E-state index in [1.54, 1.807) is 6.92 Å². The van der Waals surface area contributed by atoms with E-state index >= 15 is 0 Å². The quantitative estimate of drug-likeness (QED) is 0.560. The van der Waals surface area contributed by atoms with Crippen LogP contribution in [-0.2, 0) is 6.61 Å². The molecule has 0 heterocycles. The first-order chi connectivity index (χ1) is 5.15. The molecular weight excluding hydrogens is 156 g/mol. The van der Waals surface area contributed by atoms with Crippen LogP contribution in [0.1, 0.15) is 18.6 Å². The van der Waals surface area contributed by atoms with Crippen LogP contribution in [0.5, 0.6) is 11.5 Å². The first-order valence-corrected chi connectivity index (χ1v) is 3.27. The van der Waals surface area contributed by atoms with Gasteiger partial charge in [-0.05, 0) is 24.6 Å². The van der Waals surface area contributed by atoms with E-state index in [2.05, 4.69) is 0 Å². The molecule has 0 radical (unpaired) electrons. The molecule has 0 bridgehead atoms. The van der Waals surface area contributed by atoms with Gasteiger partial charge in [-0.25, -0.2) is 0 Å². The van der Waals surface area contributed by atoms with Gasteiger partial charge in [-0.15, -0.1) is 0 Å². The van der Waals surface area contributed by atoms with Crippen LogP contribution in [0, 0.1) is 6.92 Å². The lowest BCUT2D eigenvalue weighted by molar-refractivity contribution is 0.274. The summed E-state index contributed by atoms with van der Waals surface area (Å²) in [6, 6.07) is 2.77. The van der Waals surface area contributed by atoms with E-state index in [-0.39, 0.29) is 25.5 Å². The molecule has 68 valence electrons. The van der Waals surface area contributed by atoms with Gasteiger partial charge in [0.1, 0.15) is 11.5 Å². The molecule has 0 atom stereocenters. The Morgan fingerprint density at radius 3 is 2.33 bits per heavy atom. The SMILES string of the molecule is C.Cc1cc(O)cc(CO)c1O. The highest BCUT2D eigenvalue weighted by Crippen LogP contribution is 2.26. The fourth-order valence-electron chi connectivity index (χ4n) is 0.953. The van der Waals surface area contributed by atoms with Crippen LogP contribution >= 0.6 is 0 Å². The first kappa shape index (κ1) is 10.8. The molecule has 0 aliphatic heterocycles. The van der Waals surface area contributed by atoms with Crippen molar-refractivity contribution in [3.63, 3.8) is 0 Å². The van der Waals surface area contributed by atoms with E-state index in [0.29, 0.717) is 11.1 Å². The number of hydrogen-bond acceptors (Lipinski definition) is 3. The van der Waals surface area contributed by atoms with Crippen LogP contribution in [0.15, 0.2) is 12.1 Å². The van der Waals surface area contributed by atoms with Gasteiger partial charge in [-0.3, -0.25) is 0 Å². The van der Waals surface area contributed by atoms with Crippen molar-refractivity contribution in [2.24, 2.45) is 0 Å². The Hall–Kier alpha value is -1.22. The molecule has 0 aliphatic carbocycles. The van der Waals surface area contributed by atoms with E-state index < -0.39 is 0 Å².